The molecule has 0 aliphatic rings. The van der Waals surface area contributed by atoms with Gasteiger partial charge >= 0.3 is 5.97 Å². The molecular weight excluding hydrogens is 168 g/mol. The van der Waals surface area contributed by atoms with Crippen LogP contribution in [0.3, 0.4) is 0 Å². The van der Waals surface area contributed by atoms with Gasteiger partial charge < -0.3 is 10.2 Å². The highest BCUT2D eigenvalue weighted by atomic mass is 16.4. The van der Waals surface area contributed by atoms with Gasteiger partial charge in [0.15, 0.2) is 0 Å². The largest absolute Gasteiger partial charge is 0.478 e. The number of unbranched alkanes of at least 4 members (excludes halogenated alkanes) is 1. The monoisotopic (exact) mass is 184 g/mol. The Labute approximate surface area is 78.4 Å². The molecule has 0 saturated carbocycles. The molecule has 0 radical (unpaired) electrons. The van der Waals surface area contributed by atoms with Gasteiger partial charge in [-0.3, -0.25) is 0 Å². The van der Waals surface area contributed by atoms with Crippen LogP contribution in [0.25, 0.3) is 0 Å². The van der Waals surface area contributed by atoms with Crippen molar-refractivity contribution in [3.63, 3.8) is 0 Å². The number of rotatable bonds is 6. The van der Waals surface area contributed by atoms with Crippen molar-refractivity contribution in [1.29, 1.82) is 0 Å². The molecule has 3 heteroatoms. The highest BCUT2D eigenvalue weighted by molar-refractivity contribution is 5.80. The molecule has 0 spiro atoms. The van der Waals surface area contributed by atoms with E-state index in [2.05, 4.69) is 0 Å². The quantitative estimate of drug-likeness (QED) is 0.375. The average molecular weight is 184 g/mol. The van der Waals surface area contributed by atoms with Crippen molar-refractivity contribution < 1.29 is 15.0 Å². The predicted molar refractivity (Wildman–Crippen MR) is 51.4 cm³/mol. The van der Waals surface area contributed by atoms with Crippen LogP contribution in [0, 0.1) is 0 Å². The summed E-state index contributed by atoms with van der Waals surface area (Å²) in [6.07, 6.45) is 8.51. The summed E-state index contributed by atoms with van der Waals surface area (Å²) in [5.74, 6) is -0.936. The molecule has 0 heterocycles. The van der Waals surface area contributed by atoms with Gasteiger partial charge in [0.2, 0.25) is 0 Å². The Morgan fingerprint density at radius 2 is 2.15 bits per heavy atom. The third-order valence-corrected chi connectivity index (χ3v) is 1.48. The van der Waals surface area contributed by atoms with Gasteiger partial charge in [-0.25, -0.2) is 4.79 Å². The van der Waals surface area contributed by atoms with Crippen molar-refractivity contribution in [3.05, 3.63) is 24.3 Å². The first-order chi connectivity index (χ1) is 6.13. The lowest BCUT2D eigenvalue weighted by atomic mass is 10.1. The molecule has 1 unspecified atom stereocenters. The van der Waals surface area contributed by atoms with E-state index >= 15 is 0 Å². The number of allylic oxidation sites excluding steroid dienone is 3. The van der Waals surface area contributed by atoms with E-state index in [0.29, 0.717) is 0 Å². The zero-order chi connectivity index (χ0) is 10.1. The maximum atomic E-state index is 10.0. The number of aliphatic hydroxyl groups excluding tert-OH is 1. The molecule has 0 saturated heterocycles. The van der Waals surface area contributed by atoms with Gasteiger partial charge in [-0.05, 0) is 26.2 Å². The van der Waals surface area contributed by atoms with E-state index in [1.807, 2.05) is 6.08 Å². The molecule has 0 aromatic heterocycles. The topological polar surface area (TPSA) is 57.5 Å². The summed E-state index contributed by atoms with van der Waals surface area (Å²) in [6, 6.07) is 0. The number of hydrogen-bond donors (Lipinski definition) is 2. The number of hydrogen-bond acceptors (Lipinski definition) is 2. The zero-order valence-corrected chi connectivity index (χ0v) is 7.81. The van der Waals surface area contributed by atoms with Crippen LogP contribution in [0.4, 0.5) is 0 Å². The second-order valence-corrected chi connectivity index (χ2v) is 2.91. The molecular formula is C10H16O3. The lowest BCUT2D eigenvalue weighted by Crippen LogP contribution is -1.97. The van der Waals surface area contributed by atoms with E-state index in [9.17, 15) is 4.79 Å². The van der Waals surface area contributed by atoms with E-state index in [-0.39, 0.29) is 6.10 Å². The third kappa shape index (κ3) is 10.9. The first-order valence-corrected chi connectivity index (χ1v) is 4.37. The minimum atomic E-state index is -0.936. The SMILES string of the molecule is CC(O)CCCC=CC=CC(=O)O. The molecule has 3 nitrogen and oxygen atoms in total. The van der Waals surface area contributed by atoms with Gasteiger partial charge in [-0.1, -0.05) is 18.2 Å². The van der Waals surface area contributed by atoms with Crippen molar-refractivity contribution in [2.45, 2.75) is 32.3 Å². The summed E-state index contributed by atoms with van der Waals surface area (Å²) in [6.45, 7) is 1.76. The summed E-state index contributed by atoms with van der Waals surface area (Å²) in [7, 11) is 0. The molecule has 0 fully saturated rings. The molecule has 0 aliphatic heterocycles. The summed E-state index contributed by atoms with van der Waals surface area (Å²) < 4.78 is 0. The van der Waals surface area contributed by atoms with Crippen LogP contribution in [-0.2, 0) is 4.79 Å². The first kappa shape index (κ1) is 11.9. The first-order valence-electron chi connectivity index (χ1n) is 4.37. The van der Waals surface area contributed by atoms with E-state index < -0.39 is 5.97 Å². The smallest absolute Gasteiger partial charge is 0.328 e. The lowest BCUT2D eigenvalue weighted by molar-refractivity contribution is -0.131. The van der Waals surface area contributed by atoms with Gasteiger partial charge in [-0.2, -0.15) is 0 Å². The van der Waals surface area contributed by atoms with Crippen LogP contribution >= 0.6 is 0 Å². The lowest BCUT2D eigenvalue weighted by Gasteiger charge is -1.99. The summed E-state index contributed by atoms with van der Waals surface area (Å²) in [5.41, 5.74) is 0. The Morgan fingerprint density at radius 1 is 1.46 bits per heavy atom. The van der Waals surface area contributed by atoms with Gasteiger partial charge in [-0.15, -0.1) is 0 Å². The van der Waals surface area contributed by atoms with Crippen molar-refractivity contribution in [2.75, 3.05) is 0 Å². The van der Waals surface area contributed by atoms with E-state index in [1.165, 1.54) is 6.08 Å². The van der Waals surface area contributed by atoms with Crippen molar-refractivity contribution in [1.82, 2.24) is 0 Å². The second-order valence-electron chi connectivity index (χ2n) is 2.91. The summed E-state index contributed by atoms with van der Waals surface area (Å²) >= 11 is 0. The highest BCUT2D eigenvalue weighted by Crippen LogP contribution is 2.00. The maximum Gasteiger partial charge on any atom is 0.328 e. The Bertz CT molecular complexity index is 192. The van der Waals surface area contributed by atoms with Crippen LogP contribution in [-0.4, -0.2) is 22.3 Å². The van der Waals surface area contributed by atoms with Crippen molar-refractivity contribution >= 4 is 5.97 Å². The van der Waals surface area contributed by atoms with E-state index in [1.54, 1.807) is 13.0 Å². The second kappa shape index (κ2) is 7.55. The van der Waals surface area contributed by atoms with Crippen molar-refractivity contribution in [3.8, 4) is 0 Å². The number of carboxylic acids is 1. The Hall–Kier alpha value is -1.09. The molecule has 74 valence electrons. The van der Waals surface area contributed by atoms with Crippen LogP contribution in [0.15, 0.2) is 24.3 Å². The zero-order valence-electron chi connectivity index (χ0n) is 7.81. The molecule has 1 atom stereocenters. The fourth-order valence-electron chi connectivity index (χ4n) is 0.844. The Balaban J connectivity index is 3.37. The molecule has 13 heavy (non-hydrogen) atoms. The van der Waals surface area contributed by atoms with Gasteiger partial charge in [0.05, 0.1) is 6.10 Å². The van der Waals surface area contributed by atoms with Crippen LogP contribution < -0.4 is 0 Å². The molecule has 0 bridgehead atoms. The van der Waals surface area contributed by atoms with Crippen LogP contribution in [0.5, 0.6) is 0 Å². The molecule has 0 aromatic carbocycles. The van der Waals surface area contributed by atoms with E-state index in [4.69, 9.17) is 10.2 Å². The standard InChI is InChI=1S/C10H16O3/c1-9(11)7-5-3-2-4-6-8-10(12)13/h2,4,6,8-9,11H,3,5,7H2,1H3,(H,12,13). The highest BCUT2D eigenvalue weighted by Gasteiger charge is 1.91. The predicted octanol–water partition coefficient (Wildman–Crippen LogP) is 1.73. The third-order valence-electron chi connectivity index (χ3n) is 1.48. The maximum absolute atomic E-state index is 10.0. The van der Waals surface area contributed by atoms with Gasteiger partial charge in [0, 0.05) is 6.08 Å². The van der Waals surface area contributed by atoms with Gasteiger partial charge in [0.1, 0.15) is 0 Å². The van der Waals surface area contributed by atoms with Gasteiger partial charge in [0.25, 0.3) is 0 Å². The molecule has 2 N–H and O–H groups in total. The summed E-state index contributed by atoms with van der Waals surface area (Å²) in [4.78, 5) is 10.0. The number of aliphatic hydroxyl groups is 1. The fraction of sp³-hybridized carbons (Fsp3) is 0.500. The molecule has 0 amide bonds. The number of carbonyl (C=O) groups is 1. The molecule has 0 aromatic rings. The summed E-state index contributed by atoms with van der Waals surface area (Å²) in [5, 5.41) is 17.1. The fourth-order valence-corrected chi connectivity index (χ4v) is 0.844. The Kier molecular flexibility index (Phi) is 6.92. The van der Waals surface area contributed by atoms with Crippen LogP contribution in [0.2, 0.25) is 0 Å². The average Bonchev–Trinajstić information content (AvgIpc) is 2.01. The van der Waals surface area contributed by atoms with E-state index in [0.717, 1.165) is 25.3 Å². The molecule has 0 aliphatic carbocycles. The number of aliphatic carboxylic acids is 1. The van der Waals surface area contributed by atoms with Crippen LogP contribution in [0.1, 0.15) is 26.2 Å². The minimum Gasteiger partial charge on any atom is -0.478 e. The normalized spacial score (nSPS) is 14.0. The van der Waals surface area contributed by atoms with Crippen molar-refractivity contribution in [2.24, 2.45) is 0 Å². The minimum absolute atomic E-state index is 0.247. The number of carboxylic acid groups (broad SMARTS) is 1. The molecule has 0 rings (SSSR count). The Morgan fingerprint density at radius 3 is 2.69 bits per heavy atom.